The molecule has 5 rings (SSSR count). The Morgan fingerprint density at radius 1 is 1.00 bits per heavy atom. The normalized spacial score (nSPS) is 17.9. The van der Waals surface area contributed by atoms with E-state index in [9.17, 15) is 42.8 Å². The largest absolute Gasteiger partial charge is 0.480 e. The van der Waals surface area contributed by atoms with Gasteiger partial charge in [-0.3, -0.25) is 24.5 Å². The fourth-order valence-electron chi connectivity index (χ4n) is 5.70. The van der Waals surface area contributed by atoms with Gasteiger partial charge in [0, 0.05) is 47.4 Å². The molecule has 0 aromatic heterocycles. The number of alkyl halides is 3. The van der Waals surface area contributed by atoms with Crippen LogP contribution < -0.4 is 4.74 Å². The number of nitro benzene ring substituents is 1. The van der Waals surface area contributed by atoms with Crippen molar-refractivity contribution in [1.82, 2.24) is 4.90 Å². The Morgan fingerprint density at radius 3 is 2.10 bits per heavy atom. The Morgan fingerprint density at radius 2 is 1.59 bits per heavy atom. The molecule has 0 spiro atoms. The summed E-state index contributed by atoms with van der Waals surface area (Å²) < 4.78 is 44.8. The molecule has 13 heteroatoms. The number of nitrogens with zero attached hydrogens (tertiary/aromatic N) is 2. The van der Waals surface area contributed by atoms with E-state index in [2.05, 4.69) is 0 Å². The lowest BCUT2D eigenvalue weighted by Gasteiger charge is -2.43. The highest BCUT2D eigenvalue weighted by atomic mass is 35.5. The van der Waals surface area contributed by atoms with E-state index in [0.717, 1.165) is 6.07 Å². The third kappa shape index (κ3) is 5.31. The van der Waals surface area contributed by atoms with E-state index in [1.807, 2.05) is 0 Å². The van der Waals surface area contributed by atoms with Crippen LogP contribution in [-0.2, 0) is 20.6 Å². The van der Waals surface area contributed by atoms with Crippen molar-refractivity contribution in [1.29, 1.82) is 0 Å². The first-order valence-corrected chi connectivity index (χ1v) is 13.1. The van der Waals surface area contributed by atoms with E-state index < -0.39 is 40.0 Å². The molecule has 1 heterocycles. The molecule has 0 atom stereocenters. The van der Waals surface area contributed by atoms with E-state index >= 15 is 0 Å². The van der Waals surface area contributed by atoms with E-state index in [4.69, 9.17) is 16.3 Å². The molecule has 9 nitrogen and oxygen atoms in total. The molecule has 214 valence electrons. The molecule has 0 radical (unpaired) electrons. The van der Waals surface area contributed by atoms with Gasteiger partial charge in [-0.25, -0.2) is 0 Å². The molecule has 1 aliphatic heterocycles. The SMILES string of the molecule is O=C(O)CN1C2=C(C(=O)CCC2)C(c2ccc(Oc3ccc(C(F)(F)F)cc3[N+](=O)[O-])c(Cl)c2)C2=C1CCCC2=O. The lowest BCUT2D eigenvalue weighted by atomic mass is 9.71. The van der Waals surface area contributed by atoms with Gasteiger partial charge in [0.25, 0.3) is 0 Å². The zero-order valence-corrected chi connectivity index (χ0v) is 22.1. The molecule has 0 saturated heterocycles. The summed E-state index contributed by atoms with van der Waals surface area (Å²) in [7, 11) is 0. The minimum absolute atomic E-state index is 0.0551. The summed E-state index contributed by atoms with van der Waals surface area (Å²) in [5.41, 5.74) is 0.164. The molecule has 41 heavy (non-hydrogen) atoms. The number of carboxylic acids is 1. The van der Waals surface area contributed by atoms with Crippen LogP contribution in [0.1, 0.15) is 55.6 Å². The number of ether oxygens (including phenoxy) is 1. The van der Waals surface area contributed by atoms with Crippen LogP contribution >= 0.6 is 11.6 Å². The van der Waals surface area contributed by atoms with Crippen LogP contribution in [-0.4, -0.2) is 39.0 Å². The number of hydrogen-bond donors (Lipinski definition) is 1. The number of carboxylic acid groups (broad SMARTS) is 1. The summed E-state index contributed by atoms with van der Waals surface area (Å²) in [6, 6.07) is 6.20. The average molecular weight is 591 g/mol. The first-order valence-electron chi connectivity index (χ1n) is 12.7. The highest BCUT2D eigenvalue weighted by Crippen LogP contribution is 2.50. The Kier molecular flexibility index (Phi) is 7.37. The van der Waals surface area contributed by atoms with Crippen molar-refractivity contribution in [3.63, 3.8) is 0 Å². The average Bonchev–Trinajstić information content (AvgIpc) is 2.90. The van der Waals surface area contributed by atoms with Crippen molar-refractivity contribution >= 4 is 34.8 Å². The first-order chi connectivity index (χ1) is 19.4. The second-order valence-corrected chi connectivity index (χ2v) is 10.3. The number of rotatable bonds is 6. The van der Waals surface area contributed by atoms with Gasteiger partial charge < -0.3 is 14.7 Å². The van der Waals surface area contributed by atoms with Crippen LogP contribution in [0.4, 0.5) is 18.9 Å². The predicted octanol–water partition coefficient (Wildman–Crippen LogP) is 6.56. The lowest BCUT2D eigenvalue weighted by molar-refractivity contribution is -0.385. The number of allylic oxidation sites excluding steroid dienone is 4. The molecule has 3 aliphatic rings. The number of ketones is 2. The zero-order valence-electron chi connectivity index (χ0n) is 21.3. The molecule has 0 bridgehead atoms. The first kappa shape index (κ1) is 28.3. The molecular weight excluding hydrogens is 569 g/mol. The van der Waals surface area contributed by atoms with Crippen LogP contribution in [0.5, 0.6) is 11.5 Å². The minimum atomic E-state index is -4.79. The summed E-state index contributed by atoms with van der Waals surface area (Å²) in [5.74, 6) is -2.84. The number of carbonyl (C=O) groups excluding carboxylic acids is 2. The predicted molar refractivity (Wildman–Crippen MR) is 138 cm³/mol. The Labute approximate surface area is 236 Å². The number of aliphatic carboxylic acids is 1. The number of Topliss-reactive ketones (excluding diaryl/α,β-unsaturated/α-hetero) is 2. The number of carbonyl (C=O) groups is 3. The minimum Gasteiger partial charge on any atom is -0.480 e. The smallest absolute Gasteiger partial charge is 0.416 e. The van der Waals surface area contributed by atoms with Crippen LogP contribution in [0, 0.1) is 10.1 Å². The Bertz CT molecular complexity index is 1520. The van der Waals surface area contributed by atoms with Crippen molar-refractivity contribution in [2.75, 3.05) is 6.54 Å². The quantitative estimate of drug-likeness (QED) is 0.296. The van der Waals surface area contributed by atoms with Crippen molar-refractivity contribution < 1.29 is 42.3 Å². The molecule has 2 aromatic rings. The third-order valence-corrected chi connectivity index (χ3v) is 7.67. The maximum atomic E-state index is 13.2. The third-order valence-electron chi connectivity index (χ3n) is 7.37. The van der Waals surface area contributed by atoms with Crippen LogP contribution in [0.3, 0.4) is 0 Å². The van der Waals surface area contributed by atoms with E-state index in [-0.39, 0.29) is 41.7 Å². The lowest BCUT2D eigenvalue weighted by Crippen LogP contribution is -2.41. The molecule has 2 aliphatic carbocycles. The van der Waals surface area contributed by atoms with Crippen molar-refractivity contribution in [3.05, 3.63) is 85.2 Å². The maximum absolute atomic E-state index is 13.2. The second-order valence-electron chi connectivity index (χ2n) is 9.92. The monoisotopic (exact) mass is 590 g/mol. The van der Waals surface area contributed by atoms with Gasteiger partial charge in [0.2, 0.25) is 5.75 Å². The molecule has 2 aromatic carbocycles. The summed E-state index contributed by atoms with van der Waals surface area (Å²) in [6.07, 6.45) is -2.33. The van der Waals surface area contributed by atoms with Gasteiger partial charge in [0.15, 0.2) is 11.6 Å². The molecule has 0 fully saturated rings. The van der Waals surface area contributed by atoms with Gasteiger partial charge in [0.1, 0.15) is 12.3 Å². The second kappa shape index (κ2) is 10.7. The van der Waals surface area contributed by atoms with E-state index in [1.165, 1.54) is 18.2 Å². The molecule has 0 unspecified atom stereocenters. The maximum Gasteiger partial charge on any atom is 0.416 e. The fraction of sp³-hybridized carbons (Fsp3) is 0.321. The van der Waals surface area contributed by atoms with Gasteiger partial charge in [-0.2, -0.15) is 13.2 Å². The summed E-state index contributed by atoms with van der Waals surface area (Å²) >= 11 is 6.49. The molecule has 1 N–H and O–H groups in total. The van der Waals surface area contributed by atoms with Gasteiger partial charge >= 0.3 is 17.8 Å². The Hall–Kier alpha value is -4.19. The van der Waals surface area contributed by atoms with Gasteiger partial charge in [-0.05, 0) is 55.5 Å². The number of benzene rings is 2. The van der Waals surface area contributed by atoms with Gasteiger partial charge in [-0.1, -0.05) is 17.7 Å². The highest BCUT2D eigenvalue weighted by molar-refractivity contribution is 6.32. The summed E-state index contributed by atoms with van der Waals surface area (Å²) in [6.45, 7) is -0.385. The summed E-state index contributed by atoms with van der Waals surface area (Å²) in [5, 5.41) is 21.0. The highest BCUT2D eigenvalue weighted by Gasteiger charge is 2.44. The number of nitro groups is 1. The van der Waals surface area contributed by atoms with Gasteiger partial charge in [-0.15, -0.1) is 0 Å². The number of halogens is 4. The van der Waals surface area contributed by atoms with E-state index in [1.54, 1.807) is 4.90 Å². The zero-order chi connectivity index (χ0) is 29.6. The molecular formula is C28H22ClF3N2O7. The van der Waals surface area contributed by atoms with Crippen molar-refractivity contribution in [2.45, 2.75) is 50.6 Å². The van der Waals surface area contributed by atoms with Crippen molar-refractivity contribution in [2.24, 2.45) is 0 Å². The van der Waals surface area contributed by atoms with Crippen LogP contribution in [0.15, 0.2) is 58.9 Å². The Balaban J connectivity index is 1.57. The topological polar surface area (TPSA) is 127 Å². The van der Waals surface area contributed by atoms with Gasteiger partial charge in [0.05, 0.1) is 15.5 Å². The standard InChI is InChI=1S/C28H22ClF3N2O7/c29-16-11-14(7-9-22(16)41-23-10-8-15(28(30,31)32)12-19(23)34(39)40)25-26-17(3-1-5-20(26)35)33(13-24(37)38)18-4-2-6-21(36)27(18)25/h7-12,25H,1-6,13H2,(H,37,38). The van der Waals surface area contributed by atoms with Crippen LogP contribution in [0.2, 0.25) is 5.02 Å². The molecule has 0 saturated carbocycles. The molecule has 0 amide bonds. The van der Waals surface area contributed by atoms with E-state index in [0.29, 0.717) is 65.9 Å². The van der Waals surface area contributed by atoms with Crippen molar-refractivity contribution in [3.8, 4) is 11.5 Å². The summed E-state index contributed by atoms with van der Waals surface area (Å²) in [4.78, 5) is 50.3. The fourth-order valence-corrected chi connectivity index (χ4v) is 5.92. The van der Waals surface area contributed by atoms with Crippen LogP contribution in [0.25, 0.3) is 0 Å². The number of hydrogen-bond acceptors (Lipinski definition) is 7.